The van der Waals surface area contributed by atoms with Gasteiger partial charge >= 0.3 is 26.8 Å². The number of amides is 4. The second-order valence-electron chi connectivity index (χ2n) is 24.8. The number of aliphatic carboxylic acids is 1. The standard InChI is InChI=1S/C53H90N4O45S2/c1-14(63)54-18(6-58)41(97-51-40(80)46(34(74)24(10-62)94-51)102-53(52(81)82)5-19(67)27(55-15(2)64)44(101-53)30(70)20(68)7-59)31(71)21(69)11-89-47-28(56-16(3)65)35(75)42(25(95-47)12-90-103(83,84)85)99-50-39(79)45(33(73)23(9-61)93-50)100-48-29(57-17(4)66)36(76)43(26(96-48)13-91-104(86,87)88)98-49-38(78)37(77)32(72)22(8-60)92-49/h18-51,58-62,67-80H,5-13H2,1-4H3,(H,54,63)(H,55,64)(H,56,65)(H,57,66)(H,81,82)(H,83,84,85)(H,86,87,88)/t18-,19-,20+,21+,22+,23+,24+,25+,26+,27+,28+,29+,30+,31-,32-,33-,34-,35+,36+,37-,38+,39+,40+,41+,42+,43+,44+,45-,46-,47+,48-,49-,50-,51-,53-/m0/s1. The maximum Gasteiger partial charge on any atom is 0.397 e. The van der Waals surface area contributed by atoms with Gasteiger partial charge in [0.25, 0.3) is 5.79 Å². The highest BCUT2D eigenvalue weighted by Gasteiger charge is 2.62. The smallest absolute Gasteiger partial charge is 0.397 e. The van der Waals surface area contributed by atoms with Crippen molar-refractivity contribution < 1.29 is 217 Å². The zero-order valence-corrected chi connectivity index (χ0v) is 56.7. The lowest BCUT2D eigenvalue weighted by molar-refractivity contribution is -0.378. The topological polar surface area (TPSA) is 776 Å². The molecule has 6 saturated heterocycles. The third-order valence-corrected chi connectivity index (χ3v) is 18.0. The Kier molecular flexibility index (Phi) is 32.4. The second kappa shape index (κ2) is 38.0. The number of aliphatic hydroxyl groups is 19. The van der Waals surface area contributed by atoms with Gasteiger partial charge in [0.2, 0.25) is 23.6 Å². The Morgan fingerprint density at radius 2 is 0.923 bits per heavy atom. The lowest BCUT2D eigenvalue weighted by Crippen LogP contribution is -2.70. The third-order valence-electron chi connectivity index (χ3n) is 17.2. The highest BCUT2D eigenvalue weighted by atomic mass is 32.3. The lowest BCUT2D eigenvalue weighted by atomic mass is 9.88. The zero-order chi connectivity index (χ0) is 78.1. The van der Waals surface area contributed by atoms with Gasteiger partial charge in [-0.05, 0) is 0 Å². The van der Waals surface area contributed by atoms with Crippen LogP contribution in [-0.4, -0.2) is 425 Å². The Morgan fingerprint density at radius 1 is 0.490 bits per heavy atom. The molecule has 6 heterocycles. The molecule has 604 valence electrons. The minimum absolute atomic E-state index is 0.843. The number of carboxylic acids is 1. The molecule has 104 heavy (non-hydrogen) atoms. The fraction of sp³-hybridized carbons (Fsp3) is 0.906. The largest absolute Gasteiger partial charge is 0.477 e. The van der Waals surface area contributed by atoms with E-state index < -0.39 is 324 Å². The molecular formula is C53H90N4O45S2. The highest BCUT2D eigenvalue weighted by Crippen LogP contribution is 2.40. The molecule has 26 N–H and O–H groups in total. The Labute approximate surface area is 588 Å². The van der Waals surface area contributed by atoms with Crippen molar-refractivity contribution >= 4 is 50.4 Å². The van der Waals surface area contributed by atoms with Crippen LogP contribution in [0.15, 0.2) is 0 Å². The van der Waals surface area contributed by atoms with Crippen molar-refractivity contribution in [1.29, 1.82) is 0 Å². The molecule has 6 rings (SSSR count). The highest BCUT2D eigenvalue weighted by molar-refractivity contribution is 7.81. The van der Waals surface area contributed by atoms with E-state index in [9.17, 15) is 152 Å². The number of hydrogen-bond donors (Lipinski definition) is 26. The maximum atomic E-state index is 13.1. The van der Waals surface area contributed by atoms with Crippen LogP contribution >= 0.6 is 0 Å². The summed E-state index contributed by atoms with van der Waals surface area (Å²) in [5.74, 6) is -9.45. The van der Waals surface area contributed by atoms with Gasteiger partial charge in [-0.1, -0.05) is 0 Å². The zero-order valence-electron chi connectivity index (χ0n) is 55.0. The molecule has 4 amide bonds. The Morgan fingerprint density at radius 3 is 1.38 bits per heavy atom. The second-order valence-corrected chi connectivity index (χ2v) is 27.0. The van der Waals surface area contributed by atoms with Crippen molar-refractivity contribution in [2.24, 2.45) is 0 Å². The number of ether oxygens (including phenoxy) is 12. The summed E-state index contributed by atoms with van der Waals surface area (Å²) in [7, 11) is -11.0. The number of carbonyl (C=O) groups is 5. The first-order chi connectivity index (χ1) is 48.5. The van der Waals surface area contributed by atoms with Crippen LogP contribution < -0.4 is 21.3 Å². The van der Waals surface area contributed by atoms with Crippen molar-refractivity contribution in [1.82, 2.24) is 21.3 Å². The van der Waals surface area contributed by atoms with Crippen LogP contribution in [0.5, 0.6) is 0 Å². The number of rotatable bonds is 34. The number of aliphatic hydroxyl groups excluding tert-OH is 19. The summed E-state index contributed by atoms with van der Waals surface area (Å²) in [6.45, 7) is -6.61. The quantitative estimate of drug-likeness (QED) is 0.0266. The minimum Gasteiger partial charge on any atom is -0.477 e. The van der Waals surface area contributed by atoms with Crippen molar-refractivity contribution in [3.63, 3.8) is 0 Å². The summed E-state index contributed by atoms with van der Waals surface area (Å²) >= 11 is 0. The fourth-order valence-electron chi connectivity index (χ4n) is 12.1. The molecule has 0 aromatic carbocycles. The van der Waals surface area contributed by atoms with Gasteiger partial charge in [-0.15, -0.1) is 0 Å². The van der Waals surface area contributed by atoms with Gasteiger partial charge in [-0.25, -0.2) is 13.2 Å². The van der Waals surface area contributed by atoms with E-state index in [1.54, 1.807) is 0 Å². The van der Waals surface area contributed by atoms with Gasteiger partial charge in [0.05, 0.1) is 71.0 Å². The van der Waals surface area contributed by atoms with Crippen molar-refractivity contribution in [2.75, 3.05) is 52.9 Å². The van der Waals surface area contributed by atoms with Crippen LogP contribution in [0.1, 0.15) is 34.1 Å². The first-order valence-electron chi connectivity index (χ1n) is 31.5. The Balaban J connectivity index is 1.28. The minimum atomic E-state index is -5.54. The van der Waals surface area contributed by atoms with E-state index in [1.807, 2.05) is 0 Å². The van der Waals surface area contributed by atoms with Gasteiger partial charge in [0.15, 0.2) is 31.5 Å². The molecule has 6 fully saturated rings. The molecule has 49 nitrogen and oxygen atoms in total. The van der Waals surface area contributed by atoms with E-state index in [0.717, 1.165) is 27.7 Å². The maximum absolute atomic E-state index is 13.1. The summed E-state index contributed by atoms with van der Waals surface area (Å²) in [5, 5.41) is 228. The van der Waals surface area contributed by atoms with E-state index in [2.05, 4.69) is 29.6 Å². The van der Waals surface area contributed by atoms with Crippen molar-refractivity contribution in [3.05, 3.63) is 0 Å². The molecule has 0 spiro atoms. The summed E-state index contributed by atoms with van der Waals surface area (Å²) in [4.78, 5) is 63.3. The van der Waals surface area contributed by atoms with Crippen LogP contribution in [0.3, 0.4) is 0 Å². The first kappa shape index (κ1) is 88.7. The van der Waals surface area contributed by atoms with Crippen LogP contribution in [-0.2, 0) is 110 Å². The van der Waals surface area contributed by atoms with E-state index in [4.69, 9.17) is 56.8 Å². The van der Waals surface area contributed by atoms with Crippen molar-refractivity contribution in [2.45, 2.75) is 248 Å². The predicted molar refractivity (Wildman–Crippen MR) is 318 cm³/mol. The molecule has 6 aliphatic heterocycles. The lowest BCUT2D eigenvalue weighted by Gasteiger charge is -2.50. The van der Waals surface area contributed by atoms with Crippen LogP contribution in [0.4, 0.5) is 0 Å². The monoisotopic (exact) mass is 1570 g/mol. The Hall–Kier alpha value is -4.15. The third kappa shape index (κ3) is 22.1. The molecule has 0 radical (unpaired) electrons. The number of nitrogens with one attached hydrogen (secondary N) is 4. The van der Waals surface area contributed by atoms with E-state index in [1.165, 1.54) is 0 Å². The molecular weight excluding hydrogens is 1480 g/mol. The normalized spacial score (nSPS) is 40.5. The van der Waals surface area contributed by atoms with Gasteiger partial charge < -0.3 is 180 Å². The number of carbonyl (C=O) groups excluding carboxylic acids is 4. The average Bonchev–Trinajstić information content (AvgIpc) is 0.761. The van der Waals surface area contributed by atoms with E-state index in [-0.39, 0.29) is 0 Å². The molecule has 51 heteroatoms. The Bertz CT molecular complexity index is 3030. The number of carboxylic acid groups (broad SMARTS) is 1. The van der Waals surface area contributed by atoms with Gasteiger partial charge in [-0.2, -0.15) is 16.8 Å². The van der Waals surface area contributed by atoms with E-state index in [0.29, 0.717) is 0 Å². The SMILES string of the molecule is CC(=O)N[C@H]1[C@H](O[C@H]2[C@@H](O)[C@@H](CO)O[C@@H](O[C@H]3[C@H](O)[C@@H](NC(C)=O)[C@H](OC[C@@H](O)[C@H](O)[C@H](O[C@@H]4O[C@H](CO)[C@H](O)[C@H](O[C@]5(C(=O)O)C[C@H](O)[C@@H](NC(C)=O)[C@H]([C@H](O)[C@H](O)CO)O5)[C@H]4O)[C@H](CO)NC(C)=O)O[C@@H]3COS(=O)(=O)O)[C@@H]2O)O[C@H](COS(=O)(=O)O)[C@@H](O[C@@H]2O[C@H](CO)[C@H](O)[C@H](O)[C@H]2O)[C@@H]1O. The first-order valence-corrected chi connectivity index (χ1v) is 34.2. The van der Waals surface area contributed by atoms with Gasteiger partial charge in [-0.3, -0.25) is 28.3 Å². The number of hydrogen-bond acceptors (Lipinski definition) is 42. The molecule has 0 saturated carbocycles. The molecule has 35 atom stereocenters. The molecule has 0 aliphatic carbocycles. The summed E-state index contributed by atoms with van der Waals surface area (Å²) in [5.41, 5.74) is 0. The summed E-state index contributed by atoms with van der Waals surface area (Å²) in [6, 6.07) is -7.79. The summed E-state index contributed by atoms with van der Waals surface area (Å²) in [6.07, 6.45) is -69.0. The fourth-order valence-corrected chi connectivity index (χ4v) is 12.7. The van der Waals surface area contributed by atoms with Crippen molar-refractivity contribution in [3.8, 4) is 0 Å². The van der Waals surface area contributed by atoms with E-state index >= 15 is 0 Å². The van der Waals surface area contributed by atoms with Crippen LogP contribution in [0.25, 0.3) is 0 Å². The summed E-state index contributed by atoms with van der Waals surface area (Å²) < 4.78 is 144. The molecule has 0 aromatic heterocycles. The van der Waals surface area contributed by atoms with Gasteiger partial charge in [0.1, 0.15) is 159 Å². The average molecular weight is 1570 g/mol. The van der Waals surface area contributed by atoms with Crippen LogP contribution in [0.2, 0.25) is 0 Å². The molecule has 0 aromatic rings. The molecule has 0 bridgehead atoms. The molecule has 6 aliphatic rings. The van der Waals surface area contributed by atoms with Gasteiger partial charge in [0, 0.05) is 34.1 Å². The predicted octanol–water partition coefficient (Wildman–Crippen LogP) is -17.2. The van der Waals surface area contributed by atoms with Crippen LogP contribution in [0, 0.1) is 0 Å². The molecule has 0 unspecified atom stereocenters.